The summed E-state index contributed by atoms with van der Waals surface area (Å²) in [5.41, 5.74) is -0.255. The van der Waals surface area contributed by atoms with Crippen molar-refractivity contribution in [1.82, 2.24) is 10.6 Å². The van der Waals surface area contributed by atoms with Crippen LogP contribution in [0.2, 0.25) is 0 Å². The number of ether oxygens (including phenoxy) is 1. The maximum absolute atomic E-state index is 11.6. The summed E-state index contributed by atoms with van der Waals surface area (Å²) in [5, 5.41) is 6.41. The van der Waals surface area contributed by atoms with Crippen molar-refractivity contribution in [2.75, 3.05) is 13.2 Å². The Kier molecular flexibility index (Phi) is 5.40. The standard InChI is InChI=1S/C13H26N2O2/c1-10-6-5-7-11(15-10)8-14-12(16)9-17-13(2,3)4/h10-11,15H,5-9H2,1-4H3,(H,14,16). The first-order chi connectivity index (χ1) is 7.87. The molecule has 1 aliphatic heterocycles. The van der Waals surface area contributed by atoms with Crippen LogP contribution in [0.1, 0.15) is 47.0 Å². The Morgan fingerprint density at radius 1 is 1.41 bits per heavy atom. The molecule has 17 heavy (non-hydrogen) atoms. The molecule has 100 valence electrons. The van der Waals surface area contributed by atoms with E-state index in [0.29, 0.717) is 18.6 Å². The van der Waals surface area contributed by atoms with Crippen LogP contribution in [0.3, 0.4) is 0 Å². The first-order valence-corrected chi connectivity index (χ1v) is 6.53. The van der Waals surface area contributed by atoms with Gasteiger partial charge in [-0.3, -0.25) is 4.79 Å². The zero-order chi connectivity index (χ0) is 12.9. The van der Waals surface area contributed by atoms with Gasteiger partial charge in [-0.2, -0.15) is 0 Å². The largest absolute Gasteiger partial charge is 0.366 e. The summed E-state index contributed by atoms with van der Waals surface area (Å²) in [6, 6.07) is 0.980. The molecule has 2 unspecified atom stereocenters. The van der Waals surface area contributed by atoms with E-state index in [-0.39, 0.29) is 18.1 Å². The topological polar surface area (TPSA) is 50.4 Å². The molecule has 0 aromatic rings. The van der Waals surface area contributed by atoms with Crippen molar-refractivity contribution in [3.05, 3.63) is 0 Å². The van der Waals surface area contributed by atoms with E-state index >= 15 is 0 Å². The van der Waals surface area contributed by atoms with Gasteiger partial charge in [-0.15, -0.1) is 0 Å². The summed E-state index contributed by atoms with van der Waals surface area (Å²) in [6.07, 6.45) is 3.62. The molecule has 4 nitrogen and oxygen atoms in total. The Balaban J connectivity index is 2.15. The number of carbonyl (C=O) groups excluding carboxylic acids is 1. The van der Waals surface area contributed by atoms with Crippen molar-refractivity contribution in [3.8, 4) is 0 Å². The minimum absolute atomic E-state index is 0.0278. The third-order valence-corrected chi connectivity index (χ3v) is 2.89. The summed E-state index contributed by atoms with van der Waals surface area (Å²) >= 11 is 0. The molecule has 1 saturated heterocycles. The smallest absolute Gasteiger partial charge is 0.246 e. The van der Waals surface area contributed by atoms with E-state index in [1.165, 1.54) is 12.8 Å². The Bertz CT molecular complexity index is 248. The summed E-state index contributed by atoms with van der Waals surface area (Å²) in [5.74, 6) is -0.0278. The maximum atomic E-state index is 11.6. The lowest BCUT2D eigenvalue weighted by molar-refractivity contribution is -0.130. The van der Waals surface area contributed by atoms with Gasteiger partial charge in [-0.05, 0) is 40.5 Å². The maximum Gasteiger partial charge on any atom is 0.246 e. The molecule has 1 heterocycles. The number of piperidine rings is 1. The van der Waals surface area contributed by atoms with Gasteiger partial charge in [0.2, 0.25) is 5.91 Å². The van der Waals surface area contributed by atoms with Crippen molar-refractivity contribution in [1.29, 1.82) is 0 Å². The Hall–Kier alpha value is -0.610. The summed E-state index contributed by atoms with van der Waals surface area (Å²) in [4.78, 5) is 11.6. The molecule has 1 rings (SSSR count). The molecular weight excluding hydrogens is 216 g/mol. The molecule has 0 spiro atoms. The second-order valence-corrected chi connectivity index (χ2v) is 5.90. The van der Waals surface area contributed by atoms with Crippen LogP contribution in [0, 0.1) is 0 Å². The van der Waals surface area contributed by atoms with Crippen LogP contribution >= 0.6 is 0 Å². The van der Waals surface area contributed by atoms with Gasteiger partial charge in [0.15, 0.2) is 0 Å². The van der Waals surface area contributed by atoms with Crippen molar-refractivity contribution in [2.24, 2.45) is 0 Å². The molecule has 2 N–H and O–H groups in total. The molecule has 1 fully saturated rings. The highest BCUT2D eigenvalue weighted by atomic mass is 16.5. The van der Waals surface area contributed by atoms with Crippen LogP contribution in [0.4, 0.5) is 0 Å². The van der Waals surface area contributed by atoms with Gasteiger partial charge < -0.3 is 15.4 Å². The normalized spacial score (nSPS) is 25.6. The fraction of sp³-hybridized carbons (Fsp3) is 0.923. The second-order valence-electron chi connectivity index (χ2n) is 5.90. The Morgan fingerprint density at radius 2 is 2.12 bits per heavy atom. The number of nitrogens with one attached hydrogen (secondary N) is 2. The zero-order valence-corrected chi connectivity index (χ0v) is 11.5. The van der Waals surface area contributed by atoms with Crippen LogP contribution < -0.4 is 10.6 Å². The minimum atomic E-state index is -0.255. The van der Waals surface area contributed by atoms with Crippen molar-refractivity contribution in [2.45, 2.75) is 64.6 Å². The monoisotopic (exact) mass is 242 g/mol. The number of hydrogen-bond acceptors (Lipinski definition) is 3. The zero-order valence-electron chi connectivity index (χ0n) is 11.5. The molecule has 0 aromatic carbocycles. The third kappa shape index (κ3) is 6.64. The highest BCUT2D eigenvalue weighted by Crippen LogP contribution is 2.11. The lowest BCUT2D eigenvalue weighted by Gasteiger charge is -2.29. The molecule has 0 saturated carbocycles. The van der Waals surface area contributed by atoms with E-state index in [0.717, 1.165) is 6.42 Å². The summed E-state index contributed by atoms with van der Waals surface area (Å²) in [7, 11) is 0. The average molecular weight is 242 g/mol. The van der Waals surface area contributed by atoms with E-state index in [1.807, 2.05) is 20.8 Å². The van der Waals surface area contributed by atoms with Gasteiger partial charge in [0.1, 0.15) is 6.61 Å². The van der Waals surface area contributed by atoms with E-state index in [2.05, 4.69) is 17.6 Å². The van der Waals surface area contributed by atoms with E-state index in [9.17, 15) is 4.79 Å². The predicted molar refractivity (Wildman–Crippen MR) is 69.0 cm³/mol. The van der Waals surface area contributed by atoms with Crippen molar-refractivity contribution in [3.63, 3.8) is 0 Å². The lowest BCUT2D eigenvalue weighted by atomic mass is 10.00. The average Bonchev–Trinajstić information content (AvgIpc) is 2.23. The molecule has 4 heteroatoms. The first-order valence-electron chi connectivity index (χ1n) is 6.53. The van der Waals surface area contributed by atoms with Gasteiger partial charge in [-0.25, -0.2) is 0 Å². The highest BCUT2D eigenvalue weighted by Gasteiger charge is 2.18. The third-order valence-electron chi connectivity index (χ3n) is 2.89. The molecular formula is C13H26N2O2. The molecule has 0 aromatic heterocycles. The fourth-order valence-corrected chi connectivity index (χ4v) is 1.97. The van der Waals surface area contributed by atoms with E-state index < -0.39 is 0 Å². The van der Waals surface area contributed by atoms with Gasteiger partial charge in [0, 0.05) is 18.6 Å². The molecule has 0 bridgehead atoms. The number of hydrogen-bond donors (Lipinski definition) is 2. The molecule has 1 aliphatic rings. The van der Waals surface area contributed by atoms with Gasteiger partial charge >= 0.3 is 0 Å². The predicted octanol–water partition coefficient (Wildman–Crippen LogP) is 1.45. The number of rotatable bonds is 4. The van der Waals surface area contributed by atoms with Crippen LogP contribution in [-0.2, 0) is 9.53 Å². The quantitative estimate of drug-likeness (QED) is 0.784. The SMILES string of the molecule is CC1CCCC(CNC(=O)COC(C)(C)C)N1. The number of carbonyl (C=O) groups is 1. The molecule has 1 amide bonds. The number of amides is 1. The first kappa shape index (κ1) is 14.5. The molecule has 0 aliphatic carbocycles. The van der Waals surface area contributed by atoms with Gasteiger partial charge in [0.05, 0.1) is 5.60 Å². The summed E-state index contributed by atoms with van der Waals surface area (Å²) < 4.78 is 5.42. The minimum Gasteiger partial charge on any atom is -0.366 e. The van der Waals surface area contributed by atoms with Crippen LogP contribution in [-0.4, -0.2) is 36.7 Å². The van der Waals surface area contributed by atoms with Crippen LogP contribution in [0.5, 0.6) is 0 Å². The molecule has 2 atom stereocenters. The van der Waals surface area contributed by atoms with Crippen LogP contribution in [0.25, 0.3) is 0 Å². The lowest BCUT2D eigenvalue weighted by Crippen LogP contribution is -2.48. The fourth-order valence-electron chi connectivity index (χ4n) is 1.97. The Morgan fingerprint density at radius 3 is 2.71 bits per heavy atom. The van der Waals surface area contributed by atoms with Crippen LogP contribution in [0.15, 0.2) is 0 Å². The van der Waals surface area contributed by atoms with E-state index in [4.69, 9.17) is 4.74 Å². The summed E-state index contributed by atoms with van der Waals surface area (Å²) in [6.45, 7) is 8.89. The van der Waals surface area contributed by atoms with Gasteiger partial charge in [-0.1, -0.05) is 6.42 Å². The molecule has 0 radical (unpaired) electrons. The van der Waals surface area contributed by atoms with Crippen molar-refractivity contribution < 1.29 is 9.53 Å². The van der Waals surface area contributed by atoms with Gasteiger partial charge in [0.25, 0.3) is 0 Å². The highest BCUT2D eigenvalue weighted by molar-refractivity contribution is 5.77. The van der Waals surface area contributed by atoms with E-state index in [1.54, 1.807) is 0 Å². The Labute approximate surface area is 104 Å². The van der Waals surface area contributed by atoms with Crippen molar-refractivity contribution >= 4 is 5.91 Å². The second kappa shape index (κ2) is 6.36.